The van der Waals surface area contributed by atoms with Crippen molar-refractivity contribution in [1.82, 2.24) is 9.80 Å². The molecular weight excluding hydrogens is 516 g/mol. The van der Waals surface area contributed by atoms with Crippen molar-refractivity contribution in [2.24, 2.45) is 0 Å². The van der Waals surface area contributed by atoms with Crippen molar-refractivity contribution >= 4 is 15.7 Å². The molecule has 204 valence electrons. The third-order valence-electron chi connectivity index (χ3n) is 7.86. The number of benzene rings is 3. The number of piperidine rings is 2. The topological polar surface area (TPSA) is 85.4 Å². The second kappa shape index (κ2) is 10.9. The second-order valence-electron chi connectivity index (χ2n) is 10.2. The maximum absolute atomic E-state index is 13.1. The van der Waals surface area contributed by atoms with Gasteiger partial charge in [-0.15, -0.1) is 0 Å². The van der Waals surface area contributed by atoms with E-state index in [0.29, 0.717) is 23.3 Å². The van der Waals surface area contributed by atoms with Gasteiger partial charge in [-0.05, 0) is 74.2 Å². The van der Waals surface area contributed by atoms with Gasteiger partial charge in [0.2, 0.25) is 16.6 Å². The van der Waals surface area contributed by atoms with Gasteiger partial charge in [0, 0.05) is 43.9 Å². The van der Waals surface area contributed by atoms with Gasteiger partial charge in [0.05, 0.1) is 9.79 Å². The Hall–Kier alpha value is -3.56. The molecule has 2 saturated heterocycles. The number of hydrogen-bond acceptors (Lipinski definition) is 7. The first-order chi connectivity index (χ1) is 19.0. The summed E-state index contributed by atoms with van der Waals surface area (Å²) in [7, 11) is -3.68. The number of ether oxygens (including phenoxy) is 3. The highest BCUT2D eigenvalue weighted by Gasteiger charge is 2.30. The molecule has 0 spiro atoms. The molecule has 0 N–H and O–H groups in total. The van der Waals surface area contributed by atoms with Crippen molar-refractivity contribution in [1.29, 1.82) is 0 Å². The molecule has 6 rings (SSSR count). The number of carbonyl (C=O) groups is 1. The zero-order chi connectivity index (χ0) is 26.8. The molecule has 9 heteroatoms. The van der Waals surface area contributed by atoms with Gasteiger partial charge in [-0.25, -0.2) is 8.42 Å². The number of nitrogens with zero attached hydrogens (tertiary/aromatic N) is 2. The van der Waals surface area contributed by atoms with Crippen molar-refractivity contribution in [3.63, 3.8) is 0 Å². The SMILES string of the molecule is O=C(c1ccccc1)N1CCC(N2CCC(Oc3ccc(S(=O)(=O)c4ccc5c(c4)OCO5)cc3)CC2)CC1. The van der Waals surface area contributed by atoms with Crippen molar-refractivity contribution in [3.05, 3.63) is 78.4 Å². The first-order valence-electron chi connectivity index (χ1n) is 13.5. The molecule has 3 aliphatic heterocycles. The summed E-state index contributed by atoms with van der Waals surface area (Å²) in [5, 5.41) is 0. The van der Waals surface area contributed by atoms with Crippen LogP contribution in [-0.4, -0.2) is 69.2 Å². The van der Waals surface area contributed by atoms with E-state index in [0.717, 1.165) is 57.4 Å². The van der Waals surface area contributed by atoms with Crippen LogP contribution in [-0.2, 0) is 9.84 Å². The maximum atomic E-state index is 13.1. The van der Waals surface area contributed by atoms with Gasteiger partial charge in [-0.3, -0.25) is 9.69 Å². The third-order valence-corrected chi connectivity index (χ3v) is 9.62. The molecule has 0 saturated carbocycles. The summed E-state index contributed by atoms with van der Waals surface area (Å²) in [6.07, 6.45) is 3.91. The molecular formula is C30H32N2O6S. The van der Waals surface area contributed by atoms with Crippen LogP contribution in [0, 0.1) is 0 Å². The van der Waals surface area contributed by atoms with E-state index in [-0.39, 0.29) is 28.6 Å². The molecule has 1 amide bonds. The number of amides is 1. The lowest BCUT2D eigenvalue weighted by Gasteiger charge is -2.41. The molecule has 0 radical (unpaired) electrons. The van der Waals surface area contributed by atoms with Gasteiger partial charge in [0.15, 0.2) is 11.5 Å². The normalized spacial score (nSPS) is 18.7. The lowest BCUT2D eigenvalue weighted by atomic mass is 9.98. The summed E-state index contributed by atoms with van der Waals surface area (Å²) in [4.78, 5) is 17.6. The highest BCUT2D eigenvalue weighted by molar-refractivity contribution is 7.91. The molecule has 0 bridgehead atoms. The minimum absolute atomic E-state index is 0.0947. The van der Waals surface area contributed by atoms with Gasteiger partial charge < -0.3 is 19.1 Å². The Labute approximate surface area is 229 Å². The van der Waals surface area contributed by atoms with E-state index >= 15 is 0 Å². The van der Waals surface area contributed by atoms with Gasteiger partial charge in [0.1, 0.15) is 11.9 Å². The molecule has 2 fully saturated rings. The number of fused-ring (bicyclic) bond motifs is 1. The quantitative estimate of drug-likeness (QED) is 0.452. The average molecular weight is 549 g/mol. The predicted octanol–water partition coefficient (Wildman–Crippen LogP) is 4.40. The summed E-state index contributed by atoms with van der Waals surface area (Å²) in [5.41, 5.74) is 0.757. The Balaban J connectivity index is 0.990. The Bertz CT molecular complexity index is 1410. The molecule has 0 aliphatic carbocycles. The number of carbonyl (C=O) groups excluding carboxylic acids is 1. The molecule has 0 atom stereocenters. The Morgan fingerprint density at radius 1 is 0.769 bits per heavy atom. The van der Waals surface area contributed by atoms with Crippen LogP contribution in [0.15, 0.2) is 82.6 Å². The van der Waals surface area contributed by atoms with Crippen LogP contribution >= 0.6 is 0 Å². The maximum Gasteiger partial charge on any atom is 0.253 e. The Kier molecular flexibility index (Phi) is 7.18. The standard InChI is InChI=1S/C30H32N2O6S/c33-30(22-4-2-1-3-5-22)32-16-12-23(13-17-32)31-18-14-25(15-19-31)38-24-6-8-26(9-7-24)39(34,35)27-10-11-28-29(20-27)37-21-36-28/h1-11,20,23,25H,12-19,21H2. The van der Waals surface area contributed by atoms with Crippen LogP contribution in [0.2, 0.25) is 0 Å². The Morgan fingerprint density at radius 3 is 2.15 bits per heavy atom. The fraction of sp³-hybridized carbons (Fsp3) is 0.367. The fourth-order valence-electron chi connectivity index (χ4n) is 5.63. The van der Waals surface area contributed by atoms with Crippen LogP contribution < -0.4 is 14.2 Å². The van der Waals surface area contributed by atoms with Crippen LogP contribution in [0.1, 0.15) is 36.0 Å². The van der Waals surface area contributed by atoms with Crippen LogP contribution in [0.3, 0.4) is 0 Å². The first-order valence-corrected chi connectivity index (χ1v) is 15.0. The molecule has 0 unspecified atom stereocenters. The van der Waals surface area contributed by atoms with Crippen molar-refractivity contribution in [2.75, 3.05) is 33.0 Å². The molecule has 3 aliphatic rings. The average Bonchev–Trinajstić information content (AvgIpc) is 3.46. The monoisotopic (exact) mass is 548 g/mol. The first kappa shape index (κ1) is 25.7. The fourth-order valence-corrected chi connectivity index (χ4v) is 6.90. The summed E-state index contributed by atoms with van der Waals surface area (Å²) >= 11 is 0. The van der Waals surface area contributed by atoms with E-state index in [2.05, 4.69) is 4.90 Å². The van der Waals surface area contributed by atoms with Crippen molar-refractivity contribution < 1.29 is 27.4 Å². The summed E-state index contributed by atoms with van der Waals surface area (Å²) in [6, 6.07) is 21.3. The zero-order valence-corrected chi connectivity index (χ0v) is 22.5. The highest BCUT2D eigenvalue weighted by Crippen LogP contribution is 2.36. The lowest BCUT2D eigenvalue weighted by Crippen LogP contribution is -2.50. The Morgan fingerprint density at radius 2 is 1.44 bits per heavy atom. The minimum Gasteiger partial charge on any atom is -0.490 e. The largest absolute Gasteiger partial charge is 0.490 e. The van der Waals surface area contributed by atoms with E-state index < -0.39 is 9.84 Å². The molecule has 3 heterocycles. The molecule has 0 aromatic heterocycles. The molecule has 3 aromatic carbocycles. The van der Waals surface area contributed by atoms with E-state index in [1.165, 1.54) is 12.1 Å². The van der Waals surface area contributed by atoms with E-state index in [9.17, 15) is 13.2 Å². The van der Waals surface area contributed by atoms with Gasteiger partial charge in [-0.2, -0.15) is 0 Å². The van der Waals surface area contributed by atoms with Crippen LogP contribution in [0.5, 0.6) is 17.2 Å². The highest BCUT2D eigenvalue weighted by atomic mass is 32.2. The molecule has 39 heavy (non-hydrogen) atoms. The molecule has 3 aromatic rings. The van der Waals surface area contributed by atoms with E-state index in [1.54, 1.807) is 30.3 Å². The lowest BCUT2D eigenvalue weighted by molar-refractivity contribution is 0.0425. The number of sulfone groups is 1. The van der Waals surface area contributed by atoms with Crippen molar-refractivity contribution in [2.45, 2.75) is 47.6 Å². The number of likely N-dealkylation sites (tertiary alicyclic amines) is 2. The van der Waals surface area contributed by atoms with E-state index in [1.807, 2.05) is 35.2 Å². The van der Waals surface area contributed by atoms with Crippen molar-refractivity contribution in [3.8, 4) is 17.2 Å². The zero-order valence-electron chi connectivity index (χ0n) is 21.7. The minimum atomic E-state index is -3.68. The summed E-state index contributed by atoms with van der Waals surface area (Å²) < 4.78 is 43.0. The second-order valence-corrected chi connectivity index (χ2v) is 12.2. The van der Waals surface area contributed by atoms with Gasteiger partial charge in [0.25, 0.3) is 5.91 Å². The smallest absolute Gasteiger partial charge is 0.253 e. The molecule has 8 nitrogen and oxygen atoms in total. The van der Waals surface area contributed by atoms with E-state index in [4.69, 9.17) is 14.2 Å². The predicted molar refractivity (Wildman–Crippen MR) is 145 cm³/mol. The van der Waals surface area contributed by atoms with Crippen LogP contribution in [0.4, 0.5) is 0 Å². The summed E-state index contributed by atoms with van der Waals surface area (Å²) in [5.74, 6) is 1.78. The summed E-state index contributed by atoms with van der Waals surface area (Å²) in [6.45, 7) is 3.59. The van der Waals surface area contributed by atoms with Crippen LogP contribution in [0.25, 0.3) is 0 Å². The van der Waals surface area contributed by atoms with Gasteiger partial charge >= 0.3 is 0 Å². The number of hydrogen-bond donors (Lipinski definition) is 0. The number of rotatable bonds is 6. The van der Waals surface area contributed by atoms with Gasteiger partial charge in [-0.1, -0.05) is 18.2 Å². The third kappa shape index (κ3) is 5.46.